The van der Waals surface area contributed by atoms with Crippen LogP contribution < -0.4 is 20.7 Å². The van der Waals surface area contributed by atoms with Crippen LogP contribution in [-0.4, -0.2) is 42.1 Å². The lowest BCUT2D eigenvalue weighted by atomic mass is 10.1. The standard InChI is InChI=1S/C15H20N6O2/c1-9(10-6-5-7-11(8-10)23-4)17-13(22)12-18-14(16)20-15(19-12)21(2)3/h5-9H,1-4H3,(H,17,22)(H2,16,18,19,20). The average Bonchev–Trinajstić information content (AvgIpc) is 2.54. The molecule has 1 atom stereocenters. The Morgan fingerprint density at radius 1 is 1.30 bits per heavy atom. The lowest BCUT2D eigenvalue weighted by Gasteiger charge is -2.15. The number of carbonyl (C=O) groups excluding carboxylic acids is 1. The largest absolute Gasteiger partial charge is 0.497 e. The van der Waals surface area contributed by atoms with Crippen molar-refractivity contribution in [2.24, 2.45) is 0 Å². The van der Waals surface area contributed by atoms with Crippen molar-refractivity contribution in [3.63, 3.8) is 0 Å². The van der Waals surface area contributed by atoms with Gasteiger partial charge in [0.1, 0.15) is 5.75 Å². The number of hydrogen-bond acceptors (Lipinski definition) is 7. The van der Waals surface area contributed by atoms with Crippen LogP contribution in [0.15, 0.2) is 24.3 Å². The molecular formula is C15H20N6O2. The van der Waals surface area contributed by atoms with Crippen LogP contribution in [-0.2, 0) is 0 Å². The van der Waals surface area contributed by atoms with Gasteiger partial charge in [-0.2, -0.15) is 15.0 Å². The Bertz CT molecular complexity index is 704. The molecule has 0 aliphatic heterocycles. The predicted octanol–water partition coefficient (Wildman–Crippen LogP) is 1.02. The third kappa shape index (κ3) is 4.06. The lowest BCUT2D eigenvalue weighted by molar-refractivity contribution is 0.0929. The molecule has 0 aliphatic carbocycles. The minimum atomic E-state index is -0.419. The van der Waals surface area contributed by atoms with Crippen LogP contribution in [0.2, 0.25) is 0 Å². The minimum Gasteiger partial charge on any atom is -0.497 e. The number of nitrogens with two attached hydrogens (primary N) is 1. The molecule has 0 radical (unpaired) electrons. The number of ether oxygens (including phenoxy) is 1. The van der Waals surface area contributed by atoms with Crippen molar-refractivity contribution < 1.29 is 9.53 Å². The van der Waals surface area contributed by atoms with E-state index in [1.54, 1.807) is 26.1 Å². The Kier molecular flexibility index (Phi) is 4.95. The maximum Gasteiger partial charge on any atom is 0.289 e. The number of nitrogens with zero attached hydrogens (tertiary/aromatic N) is 4. The summed E-state index contributed by atoms with van der Waals surface area (Å²) in [4.78, 5) is 25.9. The van der Waals surface area contributed by atoms with Gasteiger partial charge < -0.3 is 20.7 Å². The number of hydrogen-bond donors (Lipinski definition) is 2. The molecule has 0 spiro atoms. The SMILES string of the molecule is COc1cccc(C(C)NC(=O)c2nc(N)nc(N(C)C)n2)c1. The molecule has 3 N–H and O–H groups in total. The molecule has 1 unspecified atom stereocenters. The van der Waals surface area contributed by atoms with E-state index in [-0.39, 0.29) is 17.8 Å². The summed E-state index contributed by atoms with van der Waals surface area (Å²) in [5.41, 5.74) is 6.54. The number of aromatic nitrogens is 3. The van der Waals surface area contributed by atoms with E-state index in [0.717, 1.165) is 11.3 Å². The summed E-state index contributed by atoms with van der Waals surface area (Å²) in [6, 6.07) is 7.23. The molecule has 1 aromatic carbocycles. The lowest BCUT2D eigenvalue weighted by Crippen LogP contribution is -2.29. The fraction of sp³-hybridized carbons (Fsp3) is 0.333. The third-order valence-electron chi connectivity index (χ3n) is 3.19. The number of amides is 1. The van der Waals surface area contributed by atoms with E-state index in [1.807, 2.05) is 31.2 Å². The highest BCUT2D eigenvalue weighted by Gasteiger charge is 2.17. The summed E-state index contributed by atoms with van der Waals surface area (Å²) in [7, 11) is 5.11. The van der Waals surface area contributed by atoms with E-state index in [1.165, 1.54) is 0 Å². The summed E-state index contributed by atoms with van der Waals surface area (Å²) in [5, 5.41) is 2.84. The van der Waals surface area contributed by atoms with Crippen molar-refractivity contribution in [3.05, 3.63) is 35.7 Å². The fourth-order valence-electron chi connectivity index (χ4n) is 1.94. The van der Waals surface area contributed by atoms with E-state index in [0.29, 0.717) is 5.95 Å². The molecule has 2 aromatic rings. The van der Waals surface area contributed by atoms with Gasteiger partial charge in [-0.1, -0.05) is 12.1 Å². The molecule has 0 fully saturated rings. The molecule has 23 heavy (non-hydrogen) atoms. The fourth-order valence-corrected chi connectivity index (χ4v) is 1.94. The molecule has 1 heterocycles. The zero-order valence-corrected chi connectivity index (χ0v) is 13.6. The molecule has 2 rings (SSSR count). The molecular weight excluding hydrogens is 296 g/mol. The first-order valence-electron chi connectivity index (χ1n) is 7.04. The molecule has 122 valence electrons. The number of carbonyl (C=O) groups is 1. The Morgan fingerprint density at radius 3 is 2.70 bits per heavy atom. The maximum atomic E-state index is 12.3. The zero-order valence-electron chi connectivity index (χ0n) is 13.6. The van der Waals surface area contributed by atoms with E-state index in [2.05, 4.69) is 20.3 Å². The number of benzene rings is 1. The van der Waals surface area contributed by atoms with Gasteiger partial charge in [-0.3, -0.25) is 4.79 Å². The first-order chi connectivity index (χ1) is 10.9. The highest BCUT2D eigenvalue weighted by atomic mass is 16.5. The number of nitrogens with one attached hydrogen (secondary N) is 1. The van der Waals surface area contributed by atoms with Crippen molar-refractivity contribution in [1.82, 2.24) is 20.3 Å². The monoisotopic (exact) mass is 316 g/mol. The molecule has 1 aromatic heterocycles. The van der Waals surface area contributed by atoms with Crippen LogP contribution >= 0.6 is 0 Å². The van der Waals surface area contributed by atoms with Crippen LogP contribution in [0.3, 0.4) is 0 Å². The third-order valence-corrected chi connectivity index (χ3v) is 3.19. The van der Waals surface area contributed by atoms with Gasteiger partial charge in [0.05, 0.1) is 13.2 Å². The van der Waals surface area contributed by atoms with Crippen molar-refractivity contribution in [2.45, 2.75) is 13.0 Å². The second-order valence-corrected chi connectivity index (χ2v) is 5.18. The number of anilines is 2. The van der Waals surface area contributed by atoms with Gasteiger partial charge >= 0.3 is 0 Å². The van der Waals surface area contributed by atoms with E-state index < -0.39 is 5.91 Å². The normalized spacial score (nSPS) is 11.7. The Labute approximate surface area is 134 Å². The first kappa shape index (κ1) is 16.5. The van der Waals surface area contributed by atoms with Gasteiger partial charge in [0.25, 0.3) is 5.91 Å². The molecule has 0 saturated carbocycles. The molecule has 8 nitrogen and oxygen atoms in total. The smallest absolute Gasteiger partial charge is 0.289 e. The number of nitrogen functional groups attached to an aromatic ring is 1. The van der Waals surface area contributed by atoms with Gasteiger partial charge in [0, 0.05) is 14.1 Å². The summed E-state index contributed by atoms with van der Waals surface area (Å²) in [6.45, 7) is 1.87. The van der Waals surface area contributed by atoms with E-state index in [4.69, 9.17) is 10.5 Å². The van der Waals surface area contributed by atoms with Crippen LogP contribution in [0.25, 0.3) is 0 Å². The Morgan fingerprint density at radius 2 is 2.04 bits per heavy atom. The van der Waals surface area contributed by atoms with Crippen molar-refractivity contribution >= 4 is 17.8 Å². The van der Waals surface area contributed by atoms with E-state index in [9.17, 15) is 4.79 Å². The first-order valence-corrected chi connectivity index (χ1v) is 7.04. The van der Waals surface area contributed by atoms with Crippen LogP contribution in [0.4, 0.5) is 11.9 Å². The Balaban J connectivity index is 2.18. The van der Waals surface area contributed by atoms with Gasteiger partial charge in [-0.25, -0.2) is 0 Å². The zero-order chi connectivity index (χ0) is 17.0. The summed E-state index contributed by atoms with van der Waals surface area (Å²) < 4.78 is 5.18. The van der Waals surface area contributed by atoms with Crippen molar-refractivity contribution in [1.29, 1.82) is 0 Å². The number of methoxy groups -OCH3 is 1. The predicted molar refractivity (Wildman–Crippen MR) is 87.4 cm³/mol. The molecule has 1 amide bonds. The quantitative estimate of drug-likeness (QED) is 0.848. The summed E-state index contributed by atoms with van der Waals surface area (Å²) in [6.07, 6.45) is 0. The Hall–Kier alpha value is -2.90. The van der Waals surface area contributed by atoms with E-state index >= 15 is 0 Å². The minimum absolute atomic E-state index is 0.00267. The second kappa shape index (κ2) is 6.91. The van der Waals surface area contributed by atoms with Crippen molar-refractivity contribution in [2.75, 3.05) is 31.8 Å². The molecule has 8 heteroatoms. The average molecular weight is 316 g/mol. The highest BCUT2D eigenvalue weighted by molar-refractivity contribution is 5.91. The topological polar surface area (TPSA) is 106 Å². The summed E-state index contributed by atoms with van der Waals surface area (Å²) in [5.74, 6) is 0.621. The maximum absolute atomic E-state index is 12.3. The number of rotatable bonds is 5. The van der Waals surface area contributed by atoms with Gasteiger partial charge in [-0.05, 0) is 24.6 Å². The van der Waals surface area contributed by atoms with Gasteiger partial charge in [0.2, 0.25) is 17.7 Å². The highest BCUT2D eigenvalue weighted by Crippen LogP contribution is 2.19. The molecule has 0 aliphatic rings. The molecule has 0 bridgehead atoms. The van der Waals surface area contributed by atoms with Crippen LogP contribution in [0.1, 0.15) is 29.1 Å². The van der Waals surface area contributed by atoms with Crippen molar-refractivity contribution in [3.8, 4) is 5.75 Å². The van der Waals surface area contributed by atoms with Crippen LogP contribution in [0.5, 0.6) is 5.75 Å². The van der Waals surface area contributed by atoms with Gasteiger partial charge in [0.15, 0.2) is 0 Å². The van der Waals surface area contributed by atoms with Crippen LogP contribution in [0, 0.1) is 0 Å². The second-order valence-electron chi connectivity index (χ2n) is 5.18. The molecule has 0 saturated heterocycles. The van der Waals surface area contributed by atoms with Gasteiger partial charge in [-0.15, -0.1) is 0 Å². The summed E-state index contributed by atoms with van der Waals surface area (Å²) >= 11 is 0.